The first kappa shape index (κ1) is 11.5. The molecule has 2 nitrogen and oxygen atoms in total. The molecule has 0 heterocycles. The van der Waals surface area contributed by atoms with Crippen molar-refractivity contribution in [1.82, 2.24) is 5.32 Å². The maximum Gasteiger partial charge on any atom is 0.0714 e. The van der Waals surface area contributed by atoms with Gasteiger partial charge in [-0.25, -0.2) is 0 Å². The minimum Gasteiger partial charge on any atom is -0.379 e. The van der Waals surface area contributed by atoms with Gasteiger partial charge in [-0.15, -0.1) is 6.42 Å². The first-order chi connectivity index (χ1) is 5.55. The van der Waals surface area contributed by atoms with Crippen LogP contribution in [0.5, 0.6) is 0 Å². The zero-order chi connectivity index (χ0) is 9.61. The van der Waals surface area contributed by atoms with E-state index in [1.807, 2.05) is 20.8 Å². The van der Waals surface area contributed by atoms with Crippen molar-refractivity contribution < 1.29 is 4.74 Å². The van der Waals surface area contributed by atoms with E-state index < -0.39 is 0 Å². The summed E-state index contributed by atoms with van der Waals surface area (Å²) in [5.74, 6) is 2.70. The third kappa shape index (κ3) is 4.38. The highest BCUT2D eigenvalue weighted by Crippen LogP contribution is 2.14. The van der Waals surface area contributed by atoms with Crippen molar-refractivity contribution in [1.29, 1.82) is 0 Å². The summed E-state index contributed by atoms with van der Waals surface area (Å²) >= 11 is 0. The van der Waals surface area contributed by atoms with Crippen molar-refractivity contribution >= 4 is 0 Å². The van der Waals surface area contributed by atoms with Crippen LogP contribution in [0.4, 0.5) is 0 Å². The fourth-order valence-electron chi connectivity index (χ4n) is 1.01. The zero-order valence-corrected chi connectivity index (χ0v) is 8.48. The molecule has 70 valence electrons. The predicted molar refractivity (Wildman–Crippen MR) is 52.0 cm³/mol. The van der Waals surface area contributed by atoms with Gasteiger partial charge in [0.05, 0.1) is 11.6 Å². The molecule has 0 aliphatic rings. The average molecular weight is 169 g/mol. The second-order valence-electron chi connectivity index (χ2n) is 3.44. The Hall–Kier alpha value is -0.520. The molecular weight excluding hydrogens is 150 g/mol. The van der Waals surface area contributed by atoms with E-state index in [9.17, 15) is 0 Å². The molecule has 0 saturated carbocycles. The molecule has 0 rings (SSSR count). The Morgan fingerprint density at radius 1 is 1.58 bits per heavy atom. The lowest BCUT2D eigenvalue weighted by atomic mass is 9.99. The molecule has 0 aromatic carbocycles. The van der Waals surface area contributed by atoms with E-state index in [1.54, 1.807) is 7.11 Å². The summed E-state index contributed by atoms with van der Waals surface area (Å²) in [7, 11) is 1.71. The zero-order valence-electron chi connectivity index (χ0n) is 8.48. The molecule has 0 fully saturated rings. The van der Waals surface area contributed by atoms with Crippen LogP contribution in [0.2, 0.25) is 0 Å². The molecule has 0 aromatic heterocycles. The van der Waals surface area contributed by atoms with Gasteiger partial charge in [-0.3, -0.25) is 0 Å². The Bertz CT molecular complexity index is 158. The molecule has 0 radical (unpaired) electrons. The number of hydrogen-bond donors (Lipinski definition) is 1. The molecular formula is C10H19NO. The van der Waals surface area contributed by atoms with Crippen molar-refractivity contribution in [3.63, 3.8) is 0 Å². The first-order valence-electron chi connectivity index (χ1n) is 4.30. The standard InChI is InChI=1S/C10H19NO/c1-6-9(11-7-2)8-10(3,4)12-5/h1,9,11H,7-8H2,2-5H3. The monoisotopic (exact) mass is 169 g/mol. The maximum atomic E-state index is 5.35. The van der Waals surface area contributed by atoms with Crippen LogP contribution in [0.25, 0.3) is 0 Å². The number of terminal acetylenes is 1. The van der Waals surface area contributed by atoms with Crippen LogP contribution >= 0.6 is 0 Å². The Morgan fingerprint density at radius 2 is 2.17 bits per heavy atom. The predicted octanol–water partition coefficient (Wildman–Crippen LogP) is 1.41. The molecule has 1 atom stereocenters. The smallest absolute Gasteiger partial charge is 0.0714 e. The Balaban J connectivity index is 3.94. The van der Waals surface area contributed by atoms with Gasteiger partial charge < -0.3 is 10.1 Å². The van der Waals surface area contributed by atoms with E-state index in [0.717, 1.165) is 13.0 Å². The Morgan fingerprint density at radius 3 is 2.50 bits per heavy atom. The number of hydrogen-bond acceptors (Lipinski definition) is 2. The lowest BCUT2D eigenvalue weighted by Crippen LogP contribution is -2.36. The topological polar surface area (TPSA) is 21.3 Å². The van der Waals surface area contributed by atoms with E-state index in [1.165, 1.54) is 0 Å². The molecule has 0 saturated heterocycles. The van der Waals surface area contributed by atoms with E-state index >= 15 is 0 Å². The third-order valence-electron chi connectivity index (χ3n) is 1.90. The van der Waals surface area contributed by atoms with Crippen LogP contribution in [0, 0.1) is 12.3 Å². The van der Waals surface area contributed by atoms with Gasteiger partial charge in [-0.05, 0) is 20.4 Å². The van der Waals surface area contributed by atoms with Crippen LogP contribution in [0.15, 0.2) is 0 Å². The van der Waals surface area contributed by atoms with Crippen molar-refractivity contribution in [3.8, 4) is 12.3 Å². The third-order valence-corrected chi connectivity index (χ3v) is 1.90. The van der Waals surface area contributed by atoms with Gasteiger partial charge in [0.2, 0.25) is 0 Å². The number of methoxy groups -OCH3 is 1. The summed E-state index contributed by atoms with van der Waals surface area (Å²) < 4.78 is 5.28. The molecule has 12 heavy (non-hydrogen) atoms. The summed E-state index contributed by atoms with van der Waals surface area (Å²) in [6, 6.07) is 0.116. The van der Waals surface area contributed by atoms with Crippen molar-refractivity contribution in [2.24, 2.45) is 0 Å². The van der Waals surface area contributed by atoms with Gasteiger partial charge in [-0.2, -0.15) is 0 Å². The fourth-order valence-corrected chi connectivity index (χ4v) is 1.01. The molecule has 0 aromatic rings. The first-order valence-corrected chi connectivity index (χ1v) is 4.30. The summed E-state index contributed by atoms with van der Waals surface area (Å²) in [6.07, 6.45) is 6.19. The van der Waals surface area contributed by atoms with Crippen LogP contribution in [-0.2, 0) is 4.74 Å². The summed E-state index contributed by atoms with van der Waals surface area (Å²) in [4.78, 5) is 0. The average Bonchev–Trinajstić information content (AvgIpc) is 2.03. The van der Waals surface area contributed by atoms with Crippen molar-refractivity contribution in [3.05, 3.63) is 0 Å². The molecule has 0 aliphatic heterocycles. The molecule has 0 amide bonds. The lowest BCUT2D eigenvalue weighted by Gasteiger charge is -2.26. The van der Waals surface area contributed by atoms with E-state index in [-0.39, 0.29) is 11.6 Å². The van der Waals surface area contributed by atoms with Gasteiger partial charge in [0.25, 0.3) is 0 Å². The van der Waals surface area contributed by atoms with Crippen molar-refractivity contribution in [2.75, 3.05) is 13.7 Å². The number of nitrogens with one attached hydrogen (secondary N) is 1. The van der Waals surface area contributed by atoms with Crippen LogP contribution in [-0.4, -0.2) is 25.3 Å². The molecule has 1 N–H and O–H groups in total. The maximum absolute atomic E-state index is 5.35. The molecule has 0 aliphatic carbocycles. The van der Waals surface area contributed by atoms with E-state index in [0.29, 0.717) is 0 Å². The number of ether oxygens (including phenoxy) is 1. The highest BCUT2D eigenvalue weighted by Gasteiger charge is 2.20. The van der Waals surface area contributed by atoms with E-state index in [4.69, 9.17) is 11.2 Å². The van der Waals surface area contributed by atoms with Gasteiger partial charge in [0.1, 0.15) is 0 Å². The molecule has 1 unspecified atom stereocenters. The minimum absolute atomic E-state index is 0.116. The normalized spacial score (nSPS) is 13.9. The lowest BCUT2D eigenvalue weighted by molar-refractivity contribution is 0.0115. The quantitative estimate of drug-likeness (QED) is 0.628. The van der Waals surface area contributed by atoms with Gasteiger partial charge in [0.15, 0.2) is 0 Å². The largest absolute Gasteiger partial charge is 0.379 e. The van der Waals surface area contributed by atoms with Crippen LogP contribution in [0.1, 0.15) is 27.2 Å². The minimum atomic E-state index is -0.140. The highest BCUT2D eigenvalue weighted by atomic mass is 16.5. The van der Waals surface area contributed by atoms with Crippen molar-refractivity contribution in [2.45, 2.75) is 38.8 Å². The Kier molecular flexibility index (Phi) is 4.96. The van der Waals surface area contributed by atoms with Gasteiger partial charge >= 0.3 is 0 Å². The summed E-state index contributed by atoms with van der Waals surface area (Å²) in [5.41, 5.74) is -0.140. The number of rotatable bonds is 5. The second kappa shape index (κ2) is 5.18. The SMILES string of the molecule is C#CC(CC(C)(C)OC)NCC. The molecule has 2 heteroatoms. The Labute approximate surface area is 75.7 Å². The summed E-state index contributed by atoms with van der Waals surface area (Å²) in [6.45, 7) is 7.02. The van der Waals surface area contributed by atoms with Crippen LogP contribution in [0.3, 0.4) is 0 Å². The van der Waals surface area contributed by atoms with E-state index in [2.05, 4.69) is 11.2 Å². The highest BCUT2D eigenvalue weighted by molar-refractivity contribution is 5.01. The second-order valence-corrected chi connectivity index (χ2v) is 3.44. The molecule has 0 spiro atoms. The van der Waals surface area contributed by atoms with Gasteiger partial charge in [-0.1, -0.05) is 12.8 Å². The molecule has 0 bridgehead atoms. The van der Waals surface area contributed by atoms with Gasteiger partial charge in [0, 0.05) is 13.5 Å². The van der Waals surface area contributed by atoms with Crippen LogP contribution < -0.4 is 5.32 Å². The fraction of sp³-hybridized carbons (Fsp3) is 0.800. The summed E-state index contributed by atoms with van der Waals surface area (Å²) in [5, 5.41) is 3.21.